The molecule has 1 fully saturated rings. The monoisotopic (exact) mass is 450 g/mol. The van der Waals surface area contributed by atoms with Crippen molar-refractivity contribution in [1.82, 2.24) is 0 Å². The molecule has 0 bridgehead atoms. The summed E-state index contributed by atoms with van der Waals surface area (Å²) >= 11 is 6.27. The minimum Gasteiger partial charge on any atom is -0.495 e. The Morgan fingerprint density at radius 2 is 1.69 bits per heavy atom. The first-order valence-electron chi connectivity index (χ1n) is 10.2. The molecule has 1 N–H and O–H groups in total. The number of carbonyl (C=O) groups excluding carboxylic acids is 2. The summed E-state index contributed by atoms with van der Waals surface area (Å²) in [6.45, 7) is 0.233. The predicted octanol–water partition coefficient (Wildman–Crippen LogP) is 5.02. The van der Waals surface area contributed by atoms with E-state index in [-0.39, 0.29) is 24.8 Å². The molecule has 3 aromatic carbocycles. The fourth-order valence-electron chi connectivity index (χ4n) is 3.87. The molecule has 1 aliphatic rings. The Labute approximate surface area is 191 Å². The third kappa shape index (κ3) is 4.27. The number of ether oxygens (including phenoxy) is 2. The lowest BCUT2D eigenvalue weighted by atomic mass is 10.0. The molecule has 0 aromatic heterocycles. The van der Waals surface area contributed by atoms with Gasteiger partial charge in [0.15, 0.2) is 0 Å². The number of methoxy groups -OCH3 is 2. The average Bonchev–Trinajstić information content (AvgIpc) is 3.21. The van der Waals surface area contributed by atoms with Gasteiger partial charge in [0.1, 0.15) is 11.5 Å². The minimum atomic E-state index is -0.503. The SMILES string of the molecule is COc1cc(OC)c(N2C[C@@H](C(=O)Nc3ccccc3-c3ccccc3)CC2=O)cc1Cl. The summed E-state index contributed by atoms with van der Waals surface area (Å²) in [5.74, 6) is 0.0292. The summed E-state index contributed by atoms with van der Waals surface area (Å²) < 4.78 is 10.7. The summed E-state index contributed by atoms with van der Waals surface area (Å²) in [5.41, 5.74) is 3.15. The van der Waals surface area contributed by atoms with Crippen LogP contribution in [0.1, 0.15) is 6.42 Å². The van der Waals surface area contributed by atoms with E-state index in [1.165, 1.54) is 19.1 Å². The predicted molar refractivity (Wildman–Crippen MR) is 126 cm³/mol. The van der Waals surface area contributed by atoms with Gasteiger partial charge in [-0.3, -0.25) is 9.59 Å². The number of amides is 2. The molecule has 4 rings (SSSR count). The summed E-state index contributed by atoms with van der Waals surface area (Å²) in [6.07, 6.45) is 0.103. The summed E-state index contributed by atoms with van der Waals surface area (Å²) in [7, 11) is 3.02. The highest BCUT2D eigenvalue weighted by molar-refractivity contribution is 6.32. The number of benzene rings is 3. The van der Waals surface area contributed by atoms with Crippen molar-refractivity contribution < 1.29 is 19.1 Å². The average molecular weight is 451 g/mol. The first kappa shape index (κ1) is 21.7. The molecule has 3 aromatic rings. The molecule has 1 heterocycles. The van der Waals surface area contributed by atoms with Crippen LogP contribution in [-0.4, -0.2) is 32.6 Å². The van der Waals surface area contributed by atoms with E-state index < -0.39 is 5.92 Å². The Balaban J connectivity index is 1.55. The van der Waals surface area contributed by atoms with Crippen LogP contribution in [-0.2, 0) is 9.59 Å². The highest BCUT2D eigenvalue weighted by atomic mass is 35.5. The van der Waals surface area contributed by atoms with Gasteiger partial charge in [-0.25, -0.2) is 0 Å². The lowest BCUT2D eigenvalue weighted by Crippen LogP contribution is -2.28. The minimum absolute atomic E-state index is 0.103. The van der Waals surface area contributed by atoms with Crippen LogP contribution in [0.2, 0.25) is 5.02 Å². The van der Waals surface area contributed by atoms with E-state index in [1.807, 2.05) is 54.6 Å². The molecule has 7 heteroatoms. The van der Waals surface area contributed by atoms with Gasteiger partial charge >= 0.3 is 0 Å². The van der Waals surface area contributed by atoms with Gasteiger partial charge in [0, 0.05) is 30.3 Å². The van der Waals surface area contributed by atoms with Crippen LogP contribution in [0.25, 0.3) is 11.1 Å². The van der Waals surface area contributed by atoms with Gasteiger partial charge < -0.3 is 19.7 Å². The molecular formula is C25H23ClN2O4. The molecule has 0 aliphatic carbocycles. The first-order valence-corrected chi connectivity index (χ1v) is 10.6. The van der Waals surface area contributed by atoms with Crippen LogP contribution in [0, 0.1) is 5.92 Å². The normalized spacial score (nSPS) is 15.5. The van der Waals surface area contributed by atoms with Gasteiger partial charge in [-0.2, -0.15) is 0 Å². The number of nitrogens with zero attached hydrogens (tertiary/aromatic N) is 1. The van der Waals surface area contributed by atoms with Crippen LogP contribution in [0.5, 0.6) is 11.5 Å². The van der Waals surface area contributed by atoms with Crippen LogP contribution < -0.4 is 19.7 Å². The molecule has 1 aliphatic heterocycles. The van der Waals surface area contributed by atoms with Crippen molar-refractivity contribution in [2.75, 3.05) is 31.0 Å². The Morgan fingerprint density at radius 3 is 2.41 bits per heavy atom. The molecule has 0 unspecified atom stereocenters. The number of hydrogen-bond donors (Lipinski definition) is 1. The Morgan fingerprint density at radius 1 is 1.00 bits per heavy atom. The van der Waals surface area contributed by atoms with Crippen molar-refractivity contribution in [1.29, 1.82) is 0 Å². The van der Waals surface area contributed by atoms with E-state index in [0.717, 1.165) is 11.1 Å². The number of rotatable bonds is 6. The third-order valence-electron chi connectivity index (χ3n) is 5.51. The number of para-hydroxylation sites is 1. The molecule has 0 spiro atoms. The molecule has 2 amide bonds. The second-order valence-corrected chi connectivity index (χ2v) is 7.87. The standard InChI is InChI=1S/C25H23ClN2O4/c1-31-22-14-23(32-2)21(13-19(22)26)28-15-17(12-24(28)29)25(30)27-20-11-7-6-10-18(20)16-8-4-3-5-9-16/h3-11,13-14,17H,12,15H2,1-2H3,(H,27,30)/t17-/m0/s1. The Kier molecular flexibility index (Phi) is 6.32. The van der Waals surface area contributed by atoms with E-state index in [4.69, 9.17) is 21.1 Å². The molecule has 0 saturated carbocycles. The molecule has 32 heavy (non-hydrogen) atoms. The van der Waals surface area contributed by atoms with E-state index in [0.29, 0.717) is 27.9 Å². The zero-order chi connectivity index (χ0) is 22.7. The number of carbonyl (C=O) groups is 2. The highest BCUT2D eigenvalue weighted by Gasteiger charge is 2.37. The lowest BCUT2D eigenvalue weighted by Gasteiger charge is -2.21. The summed E-state index contributed by atoms with van der Waals surface area (Å²) in [4.78, 5) is 27.4. The molecule has 1 saturated heterocycles. The van der Waals surface area contributed by atoms with Gasteiger partial charge in [-0.1, -0.05) is 60.1 Å². The van der Waals surface area contributed by atoms with Crippen LogP contribution in [0.3, 0.4) is 0 Å². The molecule has 164 valence electrons. The molecule has 6 nitrogen and oxygen atoms in total. The summed E-state index contributed by atoms with van der Waals surface area (Å²) in [5, 5.41) is 3.37. The van der Waals surface area contributed by atoms with Crippen molar-refractivity contribution in [3.63, 3.8) is 0 Å². The first-order chi connectivity index (χ1) is 15.5. The second kappa shape index (κ2) is 9.32. The van der Waals surface area contributed by atoms with Crippen LogP contribution in [0.4, 0.5) is 11.4 Å². The van der Waals surface area contributed by atoms with Gasteiger partial charge in [-0.05, 0) is 17.7 Å². The van der Waals surface area contributed by atoms with Crippen molar-refractivity contribution >= 4 is 34.8 Å². The topological polar surface area (TPSA) is 67.9 Å². The Bertz CT molecular complexity index is 1150. The van der Waals surface area contributed by atoms with Gasteiger partial charge in [0.2, 0.25) is 11.8 Å². The van der Waals surface area contributed by atoms with E-state index in [9.17, 15) is 9.59 Å². The number of anilines is 2. The number of hydrogen-bond acceptors (Lipinski definition) is 4. The molecular weight excluding hydrogens is 428 g/mol. The molecule has 1 atom stereocenters. The van der Waals surface area contributed by atoms with Gasteiger partial charge in [0.25, 0.3) is 0 Å². The fraction of sp³-hybridized carbons (Fsp3) is 0.200. The van der Waals surface area contributed by atoms with Crippen molar-refractivity contribution in [2.24, 2.45) is 5.92 Å². The Hall–Kier alpha value is -3.51. The van der Waals surface area contributed by atoms with Crippen LogP contribution >= 0.6 is 11.6 Å². The molecule has 0 radical (unpaired) electrons. The smallest absolute Gasteiger partial charge is 0.229 e. The van der Waals surface area contributed by atoms with Gasteiger partial charge in [-0.15, -0.1) is 0 Å². The number of nitrogens with one attached hydrogen (secondary N) is 1. The zero-order valence-electron chi connectivity index (χ0n) is 17.8. The highest BCUT2D eigenvalue weighted by Crippen LogP contribution is 2.40. The largest absolute Gasteiger partial charge is 0.495 e. The van der Waals surface area contributed by atoms with Crippen molar-refractivity contribution in [3.8, 4) is 22.6 Å². The van der Waals surface area contributed by atoms with Crippen molar-refractivity contribution in [2.45, 2.75) is 6.42 Å². The maximum atomic E-state index is 13.1. The lowest BCUT2D eigenvalue weighted by molar-refractivity contribution is -0.122. The van der Waals surface area contributed by atoms with Crippen LogP contribution in [0.15, 0.2) is 66.7 Å². The fourth-order valence-corrected chi connectivity index (χ4v) is 4.10. The van der Waals surface area contributed by atoms with Gasteiger partial charge in [0.05, 0.1) is 30.8 Å². The van der Waals surface area contributed by atoms with E-state index in [1.54, 1.807) is 12.1 Å². The number of halogens is 1. The summed E-state index contributed by atoms with van der Waals surface area (Å²) in [6, 6.07) is 20.7. The van der Waals surface area contributed by atoms with E-state index >= 15 is 0 Å². The third-order valence-corrected chi connectivity index (χ3v) is 5.81. The second-order valence-electron chi connectivity index (χ2n) is 7.46. The maximum Gasteiger partial charge on any atom is 0.229 e. The maximum absolute atomic E-state index is 13.1. The van der Waals surface area contributed by atoms with Crippen molar-refractivity contribution in [3.05, 3.63) is 71.8 Å². The quantitative estimate of drug-likeness (QED) is 0.572. The zero-order valence-corrected chi connectivity index (χ0v) is 18.6. The van der Waals surface area contributed by atoms with E-state index in [2.05, 4.69) is 5.32 Å².